The lowest BCUT2D eigenvalue weighted by Crippen LogP contribution is -2.15. The third kappa shape index (κ3) is 4.60. The molecule has 0 spiro atoms. The lowest BCUT2D eigenvalue weighted by Gasteiger charge is -2.12. The number of methoxy groups -OCH3 is 2. The molecule has 0 aliphatic heterocycles. The van der Waals surface area contributed by atoms with Crippen LogP contribution in [0, 0.1) is 0 Å². The predicted octanol–water partition coefficient (Wildman–Crippen LogP) is 4.68. The van der Waals surface area contributed by atoms with Gasteiger partial charge in [-0.3, -0.25) is 9.36 Å². The number of anilines is 1. The Hall–Kier alpha value is -3.78. The molecule has 3 aromatic carbocycles. The number of hydrogen-bond acceptors (Lipinski definition) is 6. The van der Waals surface area contributed by atoms with E-state index in [0.717, 1.165) is 11.3 Å². The number of rotatable bonds is 8. The number of hydrogen-bond donors (Lipinski definition) is 1. The molecule has 0 bridgehead atoms. The summed E-state index contributed by atoms with van der Waals surface area (Å²) in [6.45, 7) is 0. The van der Waals surface area contributed by atoms with Crippen molar-refractivity contribution in [1.82, 2.24) is 14.8 Å². The van der Waals surface area contributed by atoms with E-state index in [1.54, 1.807) is 26.4 Å². The molecule has 0 aliphatic rings. The summed E-state index contributed by atoms with van der Waals surface area (Å²) < 4.78 is 12.8. The minimum Gasteiger partial charge on any atom is -0.496 e. The molecule has 0 unspecified atom stereocenters. The highest BCUT2D eigenvalue weighted by Crippen LogP contribution is 2.33. The zero-order valence-electron chi connectivity index (χ0n) is 17.7. The van der Waals surface area contributed by atoms with Gasteiger partial charge in [-0.25, -0.2) is 0 Å². The van der Waals surface area contributed by atoms with Gasteiger partial charge in [0.2, 0.25) is 5.91 Å². The lowest BCUT2D eigenvalue weighted by atomic mass is 10.2. The fourth-order valence-electron chi connectivity index (χ4n) is 3.24. The van der Waals surface area contributed by atoms with E-state index < -0.39 is 0 Å². The van der Waals surface area contributed by atoms with Crippen molar-refractivity contribution in [1.29, 1.82) is 0 Å². The molecule has 0 fully saturated rings. The van der Waals surface area contributed by atoms with Gasteiger partial charge in [0.05, 0.1) is 31.2 Å². The van der Waals surface area contributed by atoms with Crippen LogP contribution in [0.2, 0.25) is 0 Å². The molecular formula is C24H22N4O3S. The summed E-state index contributed by atoms with van der Waals surface area (Å²) in [5, 5.41) is 12.3. The quantitative estimate of drug-likeness (QED) is 0.396. The van der Waals surface area contributed by atoms with Crippen LogP contribution in [0.1, 0.15) is 0 Å². The van der Waals surface area contributed by atoms with Crippen molar-refractivity contribution in [3.63, 3.8) is 0 Å². The van der Waals surface area contributed by atoms with Crippen LogP contribution >= 0.6 is 11.8 Å². The average molecular weight is 447 g/mol. The van der Waals surface area contributed by atoms with Gasteiger partial charge in [0.15, 0.2) is 11.0 Å². The van der Waals surface area contributed by atoms with E-state index in [-0.39, 0.29) is 11.7 Å². The van der Waals surface area contributed by atoms with E-state index in [9.17, 15) is 4.79 Å². The van der Waals surface area contributed by atoms with E-state index >= 15 is 0 Å². The van der Waals surface area contributed by atoms with Gasteiger partial charge in [-0.1, -0.05) is 54.2 Å². The number of benzene rings is 3. The third-order valence-electron chi connectivity index (χ3n) is 4.71. The maximum absolute atomic E-state index is 12.6. The van der Waals surface area contributed by atoms with Gasteiger partial charge < -0.3 is 14.8 Å². The van der Waals surface area contributed by atoms with Gasteiger partial charge >= 0.3 is 0 Å². The van der Waals surface area contributed by atoms with Crippen LogP contribution in [0.4, 0.5) is 5.69 Å². The number of nitrogens with one attached hydrogen (secondary N) is 1. The summed E-state index contributed by atoms with van der Waals surface area (Å²) in [6.07, 6.45) is 0. The molecule has 1 aromatic heterocycles. The van der Waals surface area contributed by atoms with E-state index in [2.05, 4.69) is 15.5 Å². The molecule has 1 N–H and O–H groups in total. The Morgan fingerprint density at radius 3 is 2.28 bits per heavy atom. The second-order valence-electron chi connectivity index (χ2n) is 6.71. The minimum atomic E-state index is -0.166. The lowest BCUT2D eigenvalue weighted by molar-refractivity contribution is -0.113. The van der Waals surface area contributed by atoms with Crippen molar-refractivity contribution in [2.75, 3.05) is 25.3 Å². The van der Waals surface area contributed by atoms with Gasteiger partial charge in [0.1, 0.15) is 11.5 Å². The Labute approximate surface area is 190 Å². The molecule has 32 heavy (non-hydrogen) atoms. The molecular weight excluding hydrogens is 424 g/mol. The fourth-order valence-corrected chi connectivity index (χ4v) is 3.99. The number of carbonyl (C=O) groups is 1. The van der Waals surface area contributed by atoms with E-state index in [1.807, 2.05) is 71.3 Å². The summed E-state index contributed by atoms with van der Waals surface area (Å²) in [5.74, 6) is 1.94. The second-order valence-corrected chi connectivity index (χ2v) is 7.66. The van der Waals surface area contributed by atoms with Crippen molar-refractivity contribution in [3.05, 3.63) is 78.9 Å². The van der Waals surface area contributed by atoms with Crippen molar-refractivity contribution >= 4 is 23.4 Å². The first-order valence-electron chi connectivity index (χ1n) is 9.91. The first kappa shape index (κ1) is 21.5. The Bertz CT molecular complexity index is 1210. The Morgan fingerprint density at radius 1 is 0.875 bits per heavy atom. The van der Waals surface area contributed by atoms with Gasteiger partial charge in [-0.15, -0.1) is 10.2 Å². The number of ether oxygens (including phenoxy) is 2. The molecule has 162 valence electrons. The maximum atomic E-state index is 12.6. The molecule has 1 heterocycles. The Balaban J connectivity index is 1.62. The van der Waals surface area contributed by atoms with Crippen molar-refractivity contribution in [3.8, 4) is 28.6 Å². The molecule has 1 amide bonds. The normalized spacial score (nSPS) is 10.6. The Morgan fingerprint density at radius 2 is 1.53 bits per heavy atom. The number of carbonyl (C=O) groups excluding carboxylic acids is 1. The van der Waals surface area contributed by atoms with Crippen LogP contribution in [0.5, 0.6) is 11.5 Å². The van der Waals surface area contributed by atoms with Gasteiger partial charge in [0, 0.05) is 5.69 Å². The number of nitrogens with zero attached hydrogens (tertiary/aromatic N) is 3. The molecule has 7 nitrogen and oxygen atoms in total. The van der Waals surface area contributed by atoms with E-state index in [4.69, 9.17) is 9.47 Å². The van der Waals surface area contributed by atoms with Crippen LogP contribution in [0.25, 0.3) is 17.1 Å². The summed E-state index contributed by atoms with van der Waals surface area (Å²) in [4.78, 5) is 12.6. The summed E-state index contributed by atoms with van der Waals surface area (Å²) >= 11 is 1.31. The van der Waals surface area contributed by atoms with Crippen molar-refractivity contribution in [2.45, 2.75) is 5.16 Å². The van der Waals surface area contributed by atoms with Crippen LogP contribution in [-0.2, 0) is 4.79 Å². The van der Waals surface area contributed by atoms with E-state index in [1.165, 1.54) is 11.8 Å². The minimum absolute atomic E-state index is 0.162. The summed E-state index contributed by atoms with van der Waals surface area (Å²) in [5.41, 5.74) is 2.34. The SMILES string of the molecule is COc1ccccc1NC(=O)CSc1nnc(-c2ccccc2OC)n1-c1ccccc1. The third-order valence-corrected chi connectivity index (χ3v) is 5.64. The van der Waals surface area contributed by atoms with Crippen molar-refractivity contribution < 1.29 is 14.3 Å². The highest BCUT2D eigenvalue weighted by Gasteiger charge is 2.19. The van der Waals surface area contributed by atoms with Crippen LogP contribution < -0.4 is 14.8 Å². The topological polar surface area (TPSA) is 78.3 Å². The van der Waals surface area contributed by atoms with Gasteiger partial charge in [0.25, 0.3) is 0 Å². The van der Waals surface area contributed by atoms with Crippen LogP contribution in [-0.4, -0.2) is 40.6 Å². The molecule has 4 aromatic rings. The zero-order valence-corrected chi connectivity index (χ0v) is 18.5. The molecule has 0 saturated heterocycles. The molecule has 4 rings (SSSR count). The first-order chi connectivity index (χ1) is 15.7. The summed E-state index contributed by atoms with van der Waals surface area (Å²) in [7, 11) is 3.20. The molecule has 0 aliphatic carbocycles. The van der Waals surface area contributed by atoms with Crippen molar-refractivity contribution in [2.24, 2.45) is 0 Å². The fraction of sp³-hybridized carbons (Fsp3) is 0.125. The number of thioether (sulfide) groups is 1. The summed E-state index contributed by atoms with van der Waals surface area (Å²) in [6, 6.07) is 24.7. The van der Waals surface area contributed by atoms with Gasteiger partial charge in [-0.05, 0) is 36.4 Å². The zero-order chi connectivity index (χ0) is 22.3. The van der Waals surface area contributed by atoms with Gasteiger partial charge in [-0.2, -0.15) is 0 Å². The maximum Gasteiger partial charge on any atom is 0.234 e. The average Bonchev–Trinajstić information content (AvgIpc) is 3.27. The first-order valence-corrected chi connectivity index (χ1v) is 10.9. The van der Waals surface area contributed by atoms with E-state index in [0.29, 0.717) is 28.2 Å². The number of amides is 1. The van der Waals surface area contributed by atoms with Crippen LogP contribution in [0.15, 0.2) is 84.0 Å². The molecule has 8 heteroatoms. The largest absolute Gasteiger partial charge is 0.496 e. The molecule has 0 radical (unpaired) electrons. The second kappa shape index (κ2) is 10.0. The monoisotopic (exact) mass is 446 g/mol. The highest BCUT2D eigenvalue weighted by molar-refractivity contribution is 7.99. The molecule has 0 saturated carbocycles. The smallest absolute Gasteiger partial charge is 0.234 e. The Kier molecular flexibility index (Phi) is 6.72. The van der Waals surface area contributed by atoms with Crippen LogP contribution in [0.3, 0.4) is 0 Å². The number of aromatic nitrogens is 3. The number of para-hydroxylation sites is 4. The predicted molar refractivity (Wildman–Crippen MR) is 126 cm³/mol. The standard InChI is InChI=1S/C24H22N4O3S/c1-30-20-14-8-6-12-18(20)23-26-27-24(28(23)17-10-4-3-5-11-17)32-16-22(29)25-19-13-7-9-15-21(19)31-2/h3-15H,16H2,1-2H3,(H,25,29). The highest BCUT2D eigenvalue weighted by atomic mass is 32.2. The molecule has 0 atom stereocenters.